The van der Waals surface area contributed by atoms with Gasteiger partial charge in [-0.15, -0.1) is 0 Å². The molecule has 0 fully saturated rings. The average Bonchev–Trinajstić information content (AvgIpc) is 2.70. The zero-order valence-electron chi connectivity index (χ0n) is 15.2. The molecule has 3 aromatic rings. The molecule has 0 aliphatic rings. The van der Waals surface area contributed by atoms with Crippen molar-refractivity contribution in [3.63, 3.8) is 0 Å². The molecule has 0 saturated carbocycles. The topological polar surface area (TPSA) is 38.8 Å². The van der Waals surface area contributed by atoms with E-state index >= 15 is 0 Å². The van der Waals surface area contributed by atoms with Gasteiger partial charge in [0.1, 0.15) is 23.1 Å². The van der Waals surface area contributed by atoms with E-state index in [1.54, 1.807) is 55.5 Å². The lowest BCUT2D eigenvalue weighted by molar-refractivity contribution is 0.0785. The summed E-state index contributed by atoms with van der Waals surface area (Å²) in [4.78, 5) is 14.2. The van der Waals surface area contributed by atoms with Crippen LogP contribution in [-0.2, 0) is 6.54 Å². The molecular weight excluding hydrogens is 345 g/mol. The summed E-state index contributed by atoms with van der Waals surface area (Å²) in [5.41, 5.74) is 1.58. The normalized spacial score (nSPS) is 10.3. The first kappa shape index (κ1) is 18.5. The molecule has 0 spiro atoms. The van der Waals surface area contributed by atoms with Gasteiger partial charge in [-0.3, -0.25) is 4.79 Å². The Labute approximate surface area is 157 Å². The highest BCUT2D eigenvalue weighted by molar-refractivity contribution is 5.94. The van der Waals surface area contributed by atoms with Crippen molar-refractivity contribution in [1.29, 1.82) is 0 Å². The number of ether oxygens (including phenoxy) is 2. The number of methoxy groups -OCH3 is 1. The number of hydrogen-bond donors (Lipinski definition) is 0. The van der Waals surface area contributed by atoms with Crippen LogP contribution in [0.15, 0.2) is 72.8 Å². The van der Waals surface area contributed by atoms with Gasteiger partial charge in [-0.25, -0.2) is 4.39 Å². The SMILES string of the molecule is COc1ccc(CN(C)C(=O)c2ccc(Oc3ccc(F)cc3)cc2)cc1. The number of hydrogen-bond acceptors (Lipinski definition) is 3. The molecule has 138 valence electrons. The van der Waals surface area contributed by atoms with E-state index in [2.05, 4.69) is 0 Å². The minimum absolute atomic E-state index is 0.0841. The van der Waals surface area contributed by atoms with Crippen LogP contribution in [0.2, 0.25) is 0 Å². The van der Waals surface area contributed by atoms with Crippen LogP contribution >= 0.6 is 0 Å². The molecule has 0 radical (unpaired) electrons. The molecule has 0 unspecified atom stereocenters. The molecule has 0 N–H and O–H groups in total. The Morgan fingerprint density at radius 2 is 1.37 bits per heavy atom. The Morgan fingerprint density at radius 1 is 0.852 bits per heavy atom. The maximum Gasteiger partial charge on any atom is 0.253 e. The lowest BCUT2D eigenvalue weighted by atomic mass is 10.1. The summed E-state index contributed by atoms with van der Waals surface area (Å²) in [6.07, 6.45) is 0. The van der Waals surface area contributed by atoms with Crippen LogP contribution in [0.3, 0.4) is 0 Å². The third-order valence-electron chi connectivity index (χ3n) is 4.08. The number of amides is 1. The second-order valence-electron chi connectivity index (χ2n) is 6.09. The summed E-state index contributed by atoms with van der Waals surface area (Å²) in [5.74, 6) is 1.50. The van der Waals surface area contributed by atoms with Crippen molar-refractivity contribution >= 4 is 5.91 Å². The number of carbonyl (C=O) groups excluding carboxylic acids is 1. The molecular formula is C22H20FNO3. The first-order valence-electron chi connectivity index (χ1n) is 8.47. The van der Waals surface area contributed by atoms with Crippen LogP contribution in [0.25, 0.3) is 0 Å². The van der Waals surface area contributed by atoms with Crippen molar-refractivity contribution in [1.82, 2.24) is 4.90 Å². The fourth-order valence-corrected chi connectivity index (χ4v) is 2.60. The van der Waals surface area contributed by atoms with Gasteiger partial charge < -0.3 is 14.4 Å². The van der Waals surface area contributed by atoms with Crippen molar-refractivity contribution in [3.8, 4) is 17.2 Å². The van der Waals surface area contributed by atoms with E-state index in [1.807, 2.05) is 24.3 Å². The molecule has 0 aliphatic heterocycles. The van der Waals surface area contributed by atoms with E-state index in [0.717, 1.165) is 11.3 Å². The predicted molar refractivity (Wildman–Crippen MR) is 102 cm³/mol. The number of benzene rings is 3. The molecule has 3 rings (SSSR count). The third kappa shape index (κ3) is 4.85. The molecule has 0 bridgehead atoms. The van der Waals surface area contributed by atoms with Crippen molar-refractivity contribution in [3.05, 3.63) is 89.7 Å². The molecule has 0 heterocycles. The Hall–Kier alpha value is -3.34. The fourth-order valence-electron chi connectivity index (χ4n) is 2.60. The van der Waals surface area contributed by atoms with Gasteiger partial charge in [0.05, 0.1) is 7.11 Å². The van der Waals surface area contributed by atoms with Gasteiger partial charge >= 0.3 is 0 Å². The summed E-state index contributed by atoms with van der Waals surface area (Å²) >= 11 is 0. The monoisotopic (exact) mass is 365 g/mol. The highest BCUT2D eigenvalue weighted by Gasteiger charge is 2.12. The molecule has 0 atom stereocenters. The Balaban J connectivity index is 1.62. The Bertz CT molecular complexity index is 890. The fraction of sp³-hybridized carbons (Fsp3) is 0.136. The highest BCUT2D eigenvalue weighted by atomic mass is 19.1. The van der Waals surface area contributed by atoms with E-state index in [4.69, 9.17) is 9.47 Å². The molecule has 0 aliphatic carbocycles. The number of nitrogens with zero attached hydrogens (tertiary/aromatic N) is 1. The van der Waals surface area contributed by atoms with Crippen molar-refractivity contribution in [2.45, 2.75) is 6.54 Å². The Morgan fingerprint density at radius 3 is 1.93 bits per heavy atom. The lowest BCUT2D eigenvalue weighted by Crippen LogP contribution is -2.26. The molecule has 1 amide bonds. The summed E-state index contributed by atoms with van der Waals surface area (Å²) in [7, 11) is 3.38. The van der Waals surface area contributed by atoms with Gasteiger partial charge in [0.2, 0.25) is 0 Å². The third-order valence-corrected chi connectivity index (χ3v) is 4.08. The quantitative estimate of drug-likeness (QED) is 0.624. The standard InChI is InChI=1S/C22H20FNO3/c1-24(15-16-3-9-19(26-2)10-4-16)22(25)17-5-11-20(12-6-17)27-21-13-7-18(23)8-14-21/h3-14H,15H2,1-2H3. The highest BCUT2D eigenvalue weighted by Crippen LogP contribution is 2.22. The minimum Gasteiger partial charge on any atom is -0.497 e. The predicted octanol–water partition coefficient (Wildman–Crippen LogP) is 4.90. The lowest BCUT2D eigenvalue weighted by Gasteiger charge is -2.18. The molecule has 27 heavy (non-hydrogen) atoms. The van der Waals surface area contributed by atoms with Crippen molar-refractivity contribution in [2.75, 3.05) is 14.2 Å². The van der Waals surface area contributed by atoms with Crippen LogP contribution in [0.5, 0.6) is 17.2 Å². The Kier molecular flexibility index (Phi) is 5.71. The maximum absolute atomic E-state index is 12.9. The number of halogens is 1. The van der Waals surface area contributed by atoms with Crippen molar-refractivity contribution < 1.29 is 18.7 Å². The van der Waals surface area contributed by atoms with Gasteiger partial charge in [-0.05, 0) is 66.2 Å². The minimum atomic E-state index is -0.316. The van der Waals surface area contributed by atoms with Gasteiger partial charge in [0, 0.05) is 19.2 Å². The summed E-state index contributed by atoms with van der Waals surface area (Å²) in [5, 5.41) is 0. The van der Waals surface area contributed by atoms with Crippen LogP contribution < -0.4 is 9.47 Å². The van der Waals surface area contributed by atoms with Crippen molar-refractivity contribution in [2.24, 2.45) is 0 Å². The molecule has 0 aromatic heterocycles. The molecule has 5 heteroatoms. The largest absolute Gasteiger partial charge is 0.497 e. The molecule has 3 aromatic carbocycles. The maximum atomic E-state index is 12.9. The van der Waals surface area contributed by atoms with E-state index in [9.17, 15) is 9.18 Å². The van der Waals surface area contributed by atoms with Crippen LogP contribution in [0.1, 0.15) is 15.9 Å². The summed E-state index contributed by atoms with van der Waals surface area (Å²) in [6.45, 7) is 0.497. The van der Waals surface area contributed by atoms with Gasteiger partial charge in [-0.2, -0.15) is 0 Å². The summed E-state index contributed by atoms with van der Waals surface area (Å²) in [6, 6.07) is 20.2. The average molecular weight is 365 g/mol. The smallest absolute Gasteiger partial charge is 0.253 e. The van der Waals surface area contributed by atoms with E-state index in [0.29, 0.717) is 23.6 Å². The van der Waals surface area contributed by atoms with Crippen LogP contribution in [-0.4, -0.2) is 25.0 Å². The van der Waals surface area contributed by atoms with Crippen LogP contribution in [0, 0.1) is 5.82 Å². The van der Waals surface area contributed by atoms with Crippen LogP contribution in [0.4, 0.5) is 4.39 Å². The van der Waals surface area contributed by atoms with E-state index in [1.165, 1.54) is 12.1 Å². The van der Waals surface area contributed by atoms with E-state index in [-0.39, 0.29) is 11.7 Å². The van der Waals surface area contributed by atoms with Gasteiger partial charge in [0.15, 0.2) is 0 Å². The first-order valence-corrected chi connectivity index (χ1v) is 8.47. The van der Waals surface area contributed by atoms with Gasteiger partial charge in [0.25, 0.3) is 5.91 Å². The van der Waals surface area contributed by atoms with Gasteiger partial charge in [-0.1, -0.05) is 12.1 Å². The first-order chi connectivity index (χ1) is 13.0. The number of carbonyl (C=O) groups is 1. The van der Waals surface area contributed by atoms with E-state index < -0.39 is 0 Å². The molecule has 4 nitrogen and oxygen atoms in total. The second kappa shape index (κ2) is 8.36. The zero-order valence-corrected chi connectivity index (χ0v) is 15.2. The summed E-state index contributed by atoms with van der Waals surface area (Å²) < 4.78 is 23.7. The number of rotatable bonds is 6. The zero-order chi connectivity index (χ0) is 19.2. The molecule has 0 saturated heterocycles. The second-order valence-corrected chi connectivity index (χ2v) is 6.09.